The Bertz CT molecular complexity index is 194. The second-order valence-corrected chi connectivity index (χ2v) is 5.74. The number of nitrogens with zero attached hydrogens (tertiary/aromatic N) is 1. The largest absolute Gasteiger partial charge is 0.311 e. The van der Waals surface area contributed by atoms with Gasteiger partial charge in [-0.15, -0.1) is 0 Å². The zero-order valence-corrected chi connectivity index (χ0v) is 11.0. The molecule has 2 atom stereocenters. The van der Waals surface area contributed by atoms with Crippen LogP contribution in [0.5, 0.6) is 0 Å². The maximum absolute atomic E-state index is 3.64. The molecular weight excluding hydrogens is 196 g/mol. The number of rotatable bonds is 3. The van der Waals surface area contributed by atoms with Crippen molar-refractivity contribution < 1.29 is 0 Å². The predicted octanol–water partition coefficient (Wildman–Crippen LogP) is 2.78. The van der Waals surface area contributed by atoms with E-state index >= 15 is 0 Å². The Labute approximate surface area is 101 Å². The molecule has 0 radical (unpaired) electrons. The van der Waals surface area contributed by atoms with E-state index in [0.717, 1.165) is 12.1 Å². The molecule has 1 N–H and O–H groups in total. The van der Waals surface area contributed by atoms with Crippen molar-refractivity contribution in [3.05, 3.63) is 0 Å². The Hall–Kier alpha value is -0.0800. The molecule has 0 aromatic carbocycles. The van der Waals surface area contributed by atoms with Crippen molar-refractivity contribution in [2.45, 2.75) is 76.9 Å². The molecular formula is C14H28N2. The monoisotopic (exact) mass is 224 g/mol. The molecule has 2 nitrogen and oxygen atoms in total. The van der Waals surface area contributed by atoms with Crippen LogP contribution >= 0.6 is 0 Å². The van der Waals surface area contributed by atoms with Crippen LogP contribution in [0.2, 0.25) is 0 Å². The average Bonchev–Trinajstić information content (AvgIpc) is 2.33. The maximum atomic E-state index is 3.64. The Morgan fingerprint density at radius 2 is 1.94 bits per heavy atom. The molecule has 2 fully saturated rings. The summed E-state index contributed by atoms with van der Waals surface area (Å²) < 4.78 is 0. The van der Waals surface area contributed by atoms with Gasteiger partial charge in [0.15, 0.2) is 0 Å². The van der Waals surface area contributed by atoms with Crippen molar-refractivity contribution in [1.82, 2.24) is 10.2 Å². The predicted molar refractivity (Wildman–Crippen MR) is 69.7 cm³/mol. The fourth-order valence-corrected chi connectivity index (χ4v) is 3.45. The van der Waals surface area contributed by atoms with E-state index in [-0.39, 0.29) is 0 Å². The summed E-state index contributed by atoms with van der Waals surface area (Å²) >= 11 is 0. The minimum Gasteiger partial charge on any atom is -0.311 e. The minimum atomic E-state index is 0.690. The van der Waals surface area contributed by atoms with Crippen LogP contribution in [-0.4, -0.2) is 36.1 Å². The normalized spacial score (nSPS) is 34.1. The van der Waals surface area contributed by atoms with E-state index in [1.54, 1.807) is 0 Å². The van der Waals surface area contributed by atoms with Gasteiger partial charge >= 0.3 is 0 Å². The van der Waals surface area contributed by atoms with Crippen molar-refractivity contribution >= 4 is 0 Å². The van der Waals surface area contributed by atoms with Gasteiger partial charge in [-0.1, -0.05) is 32.6 Å². The lowest BCUT2D eigenvalue weighted by Crippen LogP contribution is -2.58. The fourth-order valence-electron chi connectivity index (χ4n) is 3.45. The van der Waals surface area contributed by atoms with Crippen molar-refractivity contribution in [1.29, 1.82) is 0 Å². The highest BCUT2D eigenvalue weighted by atomic mass is 15.3. The van der Waals surface area contributed by atoms with E-state index in [1.807, 2.05) is 0 Å². The van der Waals surface area contributed by atoms with Crippen LogP contribution in [0, 0.1) is 0 Å². The van der Waals surface area contributed by atoms with Gasteiger partial charge in [0.25, 0.3) is 0 Å². The number of piperazine rings is 1. The molecule has 0 aromatic heterocycles. The van der Waals surface area contributed by atoms with Gasteiger partial charge < -0.3 is 5.32 Å². The molecule has 0 aromatic rings. The highest BCUT2D eigenvalue weighted by molar-refractivity contribution is 4.89. The molecule has 2 rings (SSSR count). The lowest BCUT2D eigenvalue weighted by atomic mass is 9.91. The second-order valence-electron chi connectivity index (χ2n) is 5.74. The topological polar surface area (TPSA) is 15.3 Å². The van der Waals surface area contributed by atoms with Crippen LogP contribution in [0.1, 0.15) is 58.8 Å². The van der Waals surface area contributed by atoms with E-state index in [2.05, 4.69) is 24.1 Å². The van der Waals surface area contributed by atoms with Gasteiger partial charge in [0.1, 0.15) is 0 Å². The average molecular weight is 224 g/mol. The molecule has 0 amide bonds. The summed E-state index contributed by atoms with van der Waals surface area (Å²) in [5, 5.41) is 3.64. The third-order valence-electron chi connectivity index (χ3n) is 4.32. The lowest BCUT2D eigenvalue weighted by Gasteiger charge is -2.45. The standard InChI is InChI=1S/C14H28N2/c1-3-7-14-10-15-12(2)11-16(14)13-8-5-4-6-9-13/h12-15H,3-11H2,1-2H3. The Morgan fingerprint density at radius 3 is 2.62 bits per heavy atom. The molecule has 1 heterocycles. The Morgan fingerprint density at radius 1 is 1.19 bits per heavy atom. The molecule has 1 saturated carbocycles. The van der Waals surface area contributed by atoms with Crippen molar-refractivity contribution in [3.8, 4) is 0 Å². The number of hydrogen-bond acceptors (Lipinski definition) is 2. The highest BCUT2D eigenvalue weighted by Crippen LogP contribution is 2.26. The van der Waals surface area contributed by atoms with E-state index in [0.29, 0.717) is 6.04 Å². The van der Waals surface area contributed by atoms with Crippen LogP contribution in [-0.2, 0) is 0 Å². The van der Waals surface area contributed by atoms with Crippen LogP contribution < -0.4 is 5.32 Å². The summed E-state index contributed by atoms with van der Waals surface area (Å²) in [7, 11) is 0. The van der Waals surface area contributed by atoms with Crippen LogP contribution in [0.25, 0.3) is 0 Å². The summed E-state index contributed by atoms with van der Waals surface area (Å²) in [6.07, 6.45) is 9.99. The van der Waals surface area contributed by atoms with Crippen molar-refractivity contribution in [3.63, 3.8) is 0 Å². The van der Waals surface area contributed by atoms with Crippen LogP contribution in [0.15, 0.2) is 0 Å². The summed E-state index contributed by atoms with van der Waals surface area (Å²) in [6, 6.07) is 2.40. The first-order chi connectivity index (χ1) is 7.81. The molecule has 2 unspecified atom stereocenters. The molecule has 94 valence electrons. The molecule has 0 spiro atoms. The summed E-state index contributed by atoms with van der Waals surface area (Å²) in [5.41, 5.74) is 0. The van der Waals surface area contributed by atoms with Gasteiger partial charge in [0.2, 0.25) is 0 Å². The first-order valence-corrected chi connectivity index (χ1v) is 7.30. The molecule has 2 aliphatic rings. The third kappa shape index (κ3) is 2.98. The zero-order valence-electron chi connectivity index (χ0n) is 11.0. The van der Waals surface area contributed by atoms with Gasteiger partial charge in [-0.3, -0.25) is 4.90 Å². The van der Waals surface area contributed by atoms with Crippen LogP contribution in [0.4, 0.5) is 0 Å². The summed E-state index contributed by atoms with van der Waals surface area (Å²) in [4.78, 5) is 2.84. The second kappa shape index (κ2) is 6.02. The third-order valence-corrected chi connectivity index (χ3v) is 4.32. The van der Waals surface area contributed by atoms with E-state index < -0.39 is 0 Å². The molecule has 2 heteroatoms. The van der Waals surface area contributed by atoms with E-state index in [9.17, 15) is 0 Å². The minimum absolute atomic E-state index is 0.690. The highest BCUT2D eigenvalue weighted by Gasteiger charge is 2.31. The van der Waals surface area contributed by atoms with Crippen LogP contribution in [0.3, 0.4) is 0 Å². The zero-order chi connectivity index (χ0) is 11.4. The first kappa shape index (κ1) is 12.4. The molecule has 1 saturated heterocycles. The molecule has 16 heavy (non-hydrogen) atoms. The Balaban J connectivity index is 1.95. The van der Waals surface area contributed by atoms with Gasteiger partial charge in [0.05, 0.1) is 0 Å². The fraction of sp³-hybridized carbons (Fsp3) is 1.00. The molecule has 0 bridgehead atoms. The SMILES string of the molecule is CCCC1CNC(C)CN1C1CCCCC1. The number of hydrogen-bond donors (Lipinski definition) is 1. The summed E-state index contributed by atoms with van der Waals surface area (Å²) in [6.45, 7) is 7.13. The Kier molecular flexibility index (Phi) is 4.66. The quantitative estimate of drug-likeness (QED) is 0.793. The van der Waals surface area contributed by atoms with E-state index in [1.165, 1.54) is 58.0 Å². The maximum Gasteiger partial charge on any atom is 0.0224 e. The van der Waals surface area contributed by atoms with Gasteiger partial charge in [-0.25, -0.2) is 0 Å². The van der Waals surface area contributed by atoms with E-state index in [4.69, 9.17) is 0 Å². The molecule has 1 aliphatic heterocycles. The smallest absolute Gasteiger partial charge is 0.0224 e. The van der Waals surface area contributed by atoms with Gasteiger partial charge in [0, 0.05) is 31.2 Å². The van der Waals surface area contributed by atoms with Gasteiger partial charge in [-0.2, -0.15) is 0 Å². The summed E-state index contributed by atoms with van der Waals surface area (Å²) in [5.74, 6) is 0. The number of nitrogens with one attached hydrogen (secondary N) is 1. The van der Waals surface area contributed by atoms with Gasteiger partial charge in [-0.05, 0) is 26.2 Å². The lowest BCUT2D eigenvalue weighted by molar-refractivity contribution is 0.0603. The molecule has 1 aliphatic carbocycles. The van der Waals surface area contributed by atoms with Crippen molar-refractivity contribution in [2.24, 2.45) is 0 Å². The van der Waals surface area contributed by atoms with Crippen molar-refractivity contribution in [2.75, 3.05) is 13.1 Å². The first-order valence-electron chi connectivity index (χ1n) is 7.30.